The Kier molecular flexibility index (Phi) is 5.35. The quantitative estimate of drug-likeness (QED) is 0.860. The van der Waals surface area contributed by atoms with Gasteiger partial charge in [-0.15, -0.1) is 0 Å². The van der Waals surface area contributed by atoms with Crippen LogP contribution in [0.5, 0.6) is 0 Å². The van der Waals surface area contributed by atoms with Gasteiger partial charge in [0.25, 0.3) is 5.91 Å². The third-order valence-electron chi connectivity index (χ3n) is 4.84. The van der Waals surface area contributed by atoms with Crippen LogP contribution >= 0.6 is 0 Å². The minimum Gasteiger partial charge on any atom is -0.369 e. The molecular weight excluding hydrogens is 310 g/mol. The summed E-state index contributed by atoms with van der Waals surface area (Å²) in [6.07, 6.45) is 2.42. The summed E-state index contributed by atoms with van der Waals surface area (Å²) in [6.45, 7) is 1.88. The van der Waals surface area contributed by atoms with Crippen molar-refractivity contribution in [3.8, 4) is 6.07 Å². The van der Waals surface area contributed by atoms with Crippen LogP contribution in [0.1, 0.15) is 28.8 Å². The van der Waals surface area contributed by atoms with Crippen molar-refractivity contribution in [3.05, 3.63) is 65.7 Å². The molecule has 0 aliphatic carbocycles. The Morgan fingerprint density at radius 3 is 2.80 bits per heavy atom. The van der Waals surface area contributed by atoms with Crippen molar-refractivity contribution in [1.29, 1.82) is 5.26 Å². The standard InChI is InChI=1S/C21H23N3O/c1-23(21(25)18-8-5-7-17(15-18)12-13-22)20-11-6-14-24(16-20)19-9-3-2-4-10-19/h2-5,7-10,15,20H,6,11-12,14,16H2,1H3/t20-/m0/s1. The number of hydrogen-bond donors (Lipinski definition) is 0. The van der Waals surface area contributed by atoms with Gasteiger partial charge in [0, 0.05) is 37.4 Å². The highest BCUT2D eigenvalue weighted by Crippen LogP contribution is 2.22. The van der Waals surface area contributed by atoms with Crippen molar-refractivity contribution < 1.29 is 4.79 Å². The third kappa shape index (κ3) is 4.00. The molecule has 128 valence electrons. The van der Waals surface area contributed by atoms with E-state index in [0.717, 1.165) is 31.5 Å². The average molecular weight is 333 g/mol. The number of nitriles is 1. The smallest absolute Gasteiger partial charge is 0.253 e. The molecule has 1 atom stereocenters. The fraction of sp³-hybridized carbons (Fsp3) is 0.333. The van der Waals surface area contributed by atoms with Crippen molar-refractivity contribution in [2.24, 2.45) is 0 Å². The topological polar surface area (TPSA) is 47.3 Å². The Labute approximate surface area is 149 Å². The molecule has 1 saturated heterocycles. The monoisotopic (exact) mass is 333 g/mol. The summed E-state index contributed by atoms with van der Waals surface area (Å²) >= 11 is 0. The number of carbonyl (C=O) groups is 1. The van der Waals surface area contributed by atoms with Crippen LogP contribution in [-0.2, 0) is 6.42 Å². The first-order valence-corrected chi connectivity index (χ1v) is 8.72. The van der Waals surface area contributed by atoms with Gasteiger partial charge in [-0.1, -0.05) is 30.3 Å². The van der Waals surface area contributed by atoms with E-state index in [-0.39, 0.29) is 11.9 Å². The lowest BCUT2D eigenvalue weighted by atomic mass is 10.0. The third-order valence-corrected chi connectivity index (χ3v) is 4.84. The SMILES string of the molecule is CN(C(=O)c1cccc(CC#N)c1)[C@H]1CCCN(c2ccccc2)C1. The van der Waals surface area contributed by atoms with E-state index in [1.165, 1.54) is 5.69 Å². The molecule has 0 unspecified atom stereocenters. The van der Waals surface area contributed by atoms with E-state index in [4.69, 9.17) is 5.26 Å². The van der Waals surface area contributed by atoms with Crippen LogP contribution in [-0.4, -0.2) is 37.0 Å². The Hall–Kier alpha value is -2.80. The molecule has 0 spiro atoms. The van der Waals surface area contributed by atoms with E-state index in [1.54, 1.807) is 0 Å². The molecule has 0 bridgehead atoms. The Morgan fingerprint density at radius 1 is 1.24 bits per heavy atom. The zero-order valence-electron chi connectivity index (χ0n) is 14.6. The van der Waals surface area contributed by atoms with E-state index in [0.29, 0.717) is 12.0 Å². The zero-order chi connectivity index (χ0) is 17.6. The second-order valence-electron chi connectivity index (χ2n) is 6.53. The van der Waals surface area contributed by atoms with Crippen LogP contribution in [0.2, 0.25) is 0 Å². The molecule has 1 heterocycles. The summed E-state index contributed by atoms with van der Waals surface area (Å²) in [7, 11) is 1.89. The van der Waals surface area contributed by atoms with E-state index in [9.17, 15) is 4.79 Å². The molecule has 0 radical (unpaired) electrons. The largest absolute Gasteiger partial charge is 0.369 e. The summed E-state index contributed by atoms with van der Waals surface area (Å²) in [5.74, 6) is 0.0275. The van der Waals surface area contributed by atoms with Gasteiger partial charge in [0.1, 0.15) is 0 Å². The number of likely N-dealkylation sites (N-methyl/N-ethyl adjacent to an activating group) is 1. The maximum atomic E-state index is 12.9. The maximum absolute atomic E-state index is 12.9. The van der Waals surface area contributed by atoms with Crippen molar-refractivity contribution in [2.75, 3.05) is 25.0 Å². The number of anilines is 1. The van der Waals surface area contributed by atoms with Crippen LogP contribution in [0.4, 0.5) is 5.69 Å². The van der Waals surface area contributed by atoms with Gasteiger partial charge in [-0.3, -0.25) is 4.79 Å². The van der Waals surface area contributed by atoms with Gasteiger partial charge in [0.15, 0.2) is 0 Å². The number of amides is 1. The molecule has 4 nitrogen and oxygen atoms in total. The molecule has 0 aromatic heterocycles. The molecule has 0 saturated carbocycles. The number of hydrogen-bond acceptors (Lipinski definition) is 3. The number of carbonyl (C=O) groups excluding carboxylic acids is 1. The molecule has 1 aliphatic rings. The van der Waals surface area contributed by atoms with Crippen LogP contribution in [0.25, 0.3) is 0 Å². The molecule has 3 rings (SSSR count). The van der Waals surface area contributed by atoms with Gasteiger partial charge in [0.2, 0.25) is 0 Å². The number of nitrogens with zero attached hydrogens (tertiary/aromatic N) is 3. The van der Waals surface area contributed by atoms with Crippen molar-refractivity contribution >= 4 is 11.6 Å². The van der Waals surface area contributed by atoms with Gasteiger partial charge in [-0.25, -0.2) is 0 Å². The van der Waals surface area contributed by atoms with Gasteiger partial charge in [0.05, 0.1) is 12.5 Å². The van der Waals surface area contributed by atoms with Crippen LogP contribution < -0.4 is 4.90 Å². The first-order valence-electron chi connectivity index (χ1n) is 8.72. The summed E-state index contributed by atoms with van der Waals surface area (Å²) < 4.78 is 0. The highest BCUT2D eigenvalue weighted by Gasteiger charge is 2.26. The summed E-state index contributed by atoms with van der Waals surface area (Å²) in [5, 5.41) is 8.85. The van der Waals surface area contributed by atoms with Gasteiger partial charge in [-0.05, 0) is 42.7 Å². The zero-order valence-corrected chi connectivity index (χ0v) is 14.6. The lowest BCUT2D eigenvalue weighted by Gasteiger charge is -2.39. The first kappa shape index (κ1) is 17.0. The first-order chi connectivity index (χ1) is 12.2. The minimum atomic E-state index is 0.0275. The predicted octanol–water partition coefficient (Wildman–Crippen LogP) is 3.49. The van der Waals surface area contributed by atoms with Crippen molar-refractivity contribution in [3.63, 3.8) is 0 Å². The molecule has 1 amide bonds. The van der Waals surface area contributed by atoms with Crippen molar-refractivity contribution in [2.45, 2.75) is 25.3 Å². The molecule has 2 aromatic rings. The maximum Gasteiger partial charge on any atom is 0.253 e. The number of benzene rings is 2. The second-order valence-corrected chi connectivity index (χ2v) is 6.53. The number of piperidine rings is 1. The van der Waals surface area contributed by atoms with Gasteiger partial charge >= 0.3 is 0 Å². The lowest BCUT2D eigenvalue weighted by Crippen LogP contribution is -2.48. The van der Waals surface area contributed by atoms with E-state index in [1.807, 2.05) is 42.3 Å². The molecular formula is C21H23N3O. The molecule has 0 N–H and O–H groups in total. The second kappa shape index (κ2) is 7.85. The summed E-state index contributed by atoms with van der Waals surface area (Å²) in [6, 6.07) is 20.1. The lowest BCUT2D eigenvalue weighted by molar-refractivity contribution is 0.0717. The molecule has 1 aliphatic heterocycles. The Morgan fingerprint density at radius 2 is 2.04 bits per heavy atom. The highest BCUT2D eigenvalue weighted by molar-refractivity contribution is 5.94. The highest BCUT2D eigenvalue weighted by atomic mass is 16.2. The molecule has 25 heavy (non-hydrogen) atoms. The fourth-order valence-electron chi connectivity index (χ4n) is 3.42. The predicted molar refractivity (Wildman–Crippen MR) is 99.5 cm³/mol. The van der Waals surface area contributed by atoms with Crippen LogP contribution in [0.3, 0.4) is 0 Å². The molecule has 2 aromatic carbocycles. The fourth-order valence-corrected chi connectivity index (χ4v) is 3.42. The number of para-hydroxylation sites is 1. The Bertz CT molecular complexity index is 766. The van der Waals surface area contributed by atoms with Crippen LogP contribution in [0, 0.1) is 11.3 Å². The van der Waals surface area contributed by atoms with Crippen molar-refractivity contribution in [1.82, 2.24) is 4.90 Å². The van der Waals surface area contributed by atoms with Gasteiger partial charge in [-0.2, -0.15) is 5.26 Å². The van der Waals surface area contributed by atoms with E-state index < -0.39 is 0 Å². The van der Waals surface area contributed by atoms with E-state index in [2.05, 4.69) is 35.2 Å². The normalized spacial score (nSPS) is 17.0. The van der Waals surface area contributed by atoms with Gasteiger partial charge < -0.3 is 9.80 Å². The summed E-state index contributed by atoms with van der Waals surface area (Å²) in [4.78, 5) is 17.1. The molecule has 4 heteroatoms. The number of rotatable bonds is 4. The minimum absolute atomic E-state index is 0.0275. The Balaban J connectivity index is 1.71. The average Bonchev–Trinajstić information content (AvgIpc) is 2.68. The van der Waals surface area contributed by atoms with E-state index >= 15 is 0 Å². The molecule has 1 fully saturated rings. The van der Waals surface area contributed by atoms with Crippen LogP contribution in [0.15, 0.2) is 54.6 Å². The summed E-state index contributed by atoms with van der Waals surface area (Å²) in [5.41, 5.74) is 2.76.